The van der Waals surface area contributed by atoms with Gasteiger partial charge in [0, 0.05) is 19.1 Å². The zero-order valence-corrected chi connectivity index (χ0v) is 19.6. The molecule has 0 spiro atoms. The van der Waals surface area contributed by atoms with Gasteiger partial charge >= 0.3 is 0 Å². The quantitative estimate of drug-likeness (QED) is 0.394. The lowest BCUT2D eigenvalue weighted by Crippen LogP contribution is -2.61. The van der Waals surface area contributed by atoms with Crippen molar-refractivity contribution in [2.45, 2.75) is 55.6 Å². The number of benzene rings is 1. The molecule has 4 aliphatic rings. The van der Waals surface area contributed by atoms with Crippen LogP contribution in [0.1, 0.15) is 44.1 Å². The first-order chi connectivity index (χ1) is 16.0. The Morgan fingerprint density at radius 1 is 1.12 bits per heavy atom. The summed E-state index contributed by atoms with van der Waals surface area (Å²) in [6, 6.07) is 6.61. The van der Waals surface area contributed by atoms with Crippen LogP contribution in [0.5, 0.6) is 0 Å². The third kappa shape index (κ3) is 3.82. The van der Waals surface area contributed by atoms with Gasteiger partial charge in [0.25, 0.3) is 0 Å². The van der Waals surface area contributed by atoms with E-state index in [1.807, 2.05) is 19.2 Å². The van der Waals surface area contributed by atoms with E-state index in [9.17, 15) is 9.18 Å². The van der Waals surface area contributed by atoms with Gasteiger partial charge in [-0.05, 0) is 74.0 Å². The molecule has 4 saturated carbocycles. The van der Waals surface area contributed by atoms with Crippen LogP contribution in [0.2, 0.25) is 0 Å². The van der Waals surface area contributed by atoms with E-state index in [0.717, 1.165) is 58.6 Å². The van der Waals surface area contributed by atoms with Crippen LogP contribution in [-0.4, -0.2) is 41.8 Å². The second-order valence-electron chi connectivity index (χ2n) is 10.2. The minimum absolute atomic E-state index is 0.0594. The molecular weight excluding hydrogens is 437 g/mol. The summed E-state index contributed by atoms with van der Waals surface area (Å²) < 4.78 is 15.3. The molecule has 4 bridgehead atoms. The molecule has 1 amide bonds. The Balaban J connectivity index is 1.28. The highest BCUT2D eigenvalue weighted by atomic mass is 32.2. The van der Waals surface area contributed by atoms with Crippen molar-refractivity contribution >= 4 is 28.7 Å². The second-order valence-corrected chi connectivity index (χ2v) is 11.2. The Bertz CT molecular complexity index is 1160. The largest absolute Gasteiger partial charge is 0.332 e. The van der Waals surface area contributed by atoms with E-state index < -0.39 is 0 Å². The second kappa shape index (κ2) is 8.08. The molecule has 2 aromatic heterocycles. The lowest BCUT2D eigenvalue weighted by molar-refractivity contribution is -0.149. The number of aryl methyl sites for hydroxylation is 1. The summed E-state index contributed by atoms with van der Waals surface area (Å²) in [5, 5.41) is 5.94. The topological polar surface area (TPSA) is 63.9 Å². The van der Waals surface area contributed by atoms with Crippen molar-refractivity contribution in [3.63, 3.8) is 0 Å². The molecule has 6 nitrogen and oxygen atoms in total. The molecular formula is C25H28FN5OS. The number of hydrogen-bond donors (Lipinski definition) is 0. The van der Waals surface area contributed by atoms with Crippen LogP contribution in [0.3, 0.4) is 0 Å². The minimum atomic E-state index is -0.244. The SMILES string of the molecule is Cn1ncc2c(SCC(=O)N(Cc3ccc(F)cc3)C34CC5CC(CC(C5)C3)C4)ncnc21. The monoisotopic (exact) mass is 465 g/mol. The predicted molar refractivity (Wildman–Crippen MR) is 125 cm³/mol. The Labute approximate surface area is 197 Å². The zero-order chi connectivity index (χ0) is 22.6. The van der Waals surface area contributed by atoms with Crippen molar-refractivity contribution in [3.8, 4) is 0 Å². The number of amides is 1. The summed E-state index contributed by atoms with van der Waals surface area (Å²) in [5.41, 5.74) is 1.70. The van der Waals surface area contributed by atoms with Crippen molar-refractivity contribution in [2.75, 3.05) is 5.75 Å². The Morgan fingerprint density at radius 3 is 2.45 bits per heavy atom. The summed E-state index contributed by atoms with van der Waals surface area (Å²) in [4.78, 5) is 24.7. The molecule has 8 heteroatoms. The van der Waals surface area contributed by atoms with E-state index in [1.54, 1.807) is 10.9 Å². The molecule has 0 N–H and O–H groups in total. The van der Waals surface area contributed by atoms with Crippen molar-refractivity contribution in [1.82, 2.24) is 24.6 Å². The standard InChI is InChI=1S/C25H28FN5OS/c1-30-23-21(12-29-30)24(28-15-27-23)33-14-22(32)31(13-16-2-4-20(26)5-3-16)25-9-17-6-18(10-25)8-19(7-17)11-25/h2-5,12,15,17-19H,6-11,13-14H2,1H3. The predicted octanol–water partition coefficient (Wildman–Crippen LogP) is 4.59. The van der Waals surface area contributed by atoms with Gasteiger partial charge in [-0.3, -0.25) is 9.48 Å². The number of fused-ring (bicyclic) bond motifs is 1. The number of aromatic nitrogens is 4. The number of rotatable bonds is 6. The highest BCUT2D eigenvalue weighted by molar-refractivity contribution is 8.00. The zero-order valence-electron chi connectivity index (χ0n) is 18.8. The highest BCUT2D eigenvalue weighted by Crippen LogP contribution is 2.58. The van der Waals surface area contributed by atoms with Crippen molar-refractivity contribution < 1.29 is 9.18 Å². The van der Waals surface area contributed by atoms with Gasteiger partial charge in [0.2, 0.25) is 5.91 Å². The van der Waals surface area contributed by atoms with E-state index in [0.29, 0.717) is 12.3 Å². The van der Waals surface area contributed by atoms with Crippen molar-refractivity contribution in [1.29, 1.82) is 0 Å². The van der Waals surface area contributed by atoms with Crippen LogP contribution in [0, 0.1) is 23.6 Å². The number of carbonyl (C=O) groups excluding carboxylic acids is 1. The Kier molecular flexibility index (Phi) is 5.16. The maximum Gasteiger partial charge on any atom is 0.233 e. The Hall–Kier alpha value is -2.48. The number of hydrogen-bond acceptors (Lipinski definition) is 5. The molecule has 7 rings (SSSR count). The van der Waals surface area contributed by atoms with Gasteiger partial charge in [0.05, 0.1) is 17.3 Å². The van der Waals surface area contributed by atoms with Gasteiger partial charge in [-0.2, -0.15) is 5.10 Å². The van der Waals surface area contributed by atoms with E-state index in [-0.39, 0.29) is 17.3 Å². The van der Waals surface area contributed by atoms with Crippen molar-refractivity contribution in [3.05, 3.63) is 48.2 Å². The Morgan fingerprint density at radius 2 is 1.79 bits per heavy atom. The van der Waals surface area contributed by atoms with Gasteiger partial charge in [-0.25, -0.2) is 14.4 Å². The molecule has 172 valence electrons. The van der Waals surface area contributed by atoms with E-state index >= 15 is 0 Å². The number of thioether (sulfide) groups is 1. The summed E-state index contributed by atoms with van der Waals surface area (Å²) >= 11 is 1.46. The van der Waals surface area contributed by atoms with Gasteiger partial charge < -0.3 is 4.90 Å². The maximum absolute atomic E-state index is 13.8. The van der Waals surface area contributed by atoms with Crippen LogP contribution in [0.25, 0.3) is 11.0 Å². The van der Waals surface area contributed by atoms with E-state index in [2.05, 4.69) is 20.0 Å². The smallest absolute Gasteiger partial charge is 0.233 e. The molecule has 3 aromatic rings. The fourth-order valence-corrected chi connectivity index (χ4v) is 7.79. The van der Waals surface area contributed by atoms with Gasteiger partial charge in [0.1, 0.15) is 17.2 Å². The fraction of sp³-hybridized carbons (Fsp3) is 0.520. The van der Waals surface area contributed by atoms with Crippen LogP contribution in [0.15, 0.2) is 41.8 Å². The molecule has 0 atom stereocenters. The van der Waals surface area contributed by atoms with Crippen LogP contribution in [0.4, 0.5) is 4.39 Å². The normalized spacial score (nSPS) is 27.9. The van der Waals surface area contributed by atoms with Crippen molar-refractivity contribution in [2.24, 2.45) is 24.8 Å². The summed E-state index contributed by atoms with van der Waals surface area (Å²) in [5.74, 6) is 2.44. The highest BCUT2D eigenvalue weighted by Gasteiger charge is 2.54. The fourth-order valence-electron chi connectivity index (χ4n) is 6.95. The molecule has 33 heavy (non-hydrogen) atoms. The summed E-state index contributed by atoms with van der Waals surface area (Å²) in [6.45, 7) is 0.540. The minimum Gasteiger partial charge on any atom is -0.332 e. The average Bonchev–Trinajstić information content (AvgIpc) is 3.17. The van der Waals surface area contributed by atoms with Gasteiger partial charge in [-0.1, -0.05) is 23.9 Å². The molecule has 1 aromatic carbocycles. The number of halogens is 1. The van der Waals surface area contributed by atoms with Crippen LogP contribution < -0.4 is 0 Å². The first kappa shape index (κ1) is 21.1. The van der Waals surface area contributed by atoms with Crippen LogP contribution >= 0.6 is 11.8 Å². The maximum atomic E-state index is 13.8. The number of nitrogens with zero attached hydrogens (tertiary/aromatic N) is 5. The van der Waals surface area contributed by atoms with E-state index in [1.165, 1.54) is 49.5 Å². The number of carbonyl (C=O) groups is 1. The van der Waals surface area contributed by atoms with Crippen LogP contribution in [-0.2, 0) is 18.4 Å². The third-order valence-electron chi connectivity index (χ3n) is 7.96. The summed E-state index contributed by atoms with van der Waals surface area (Å²) in [7, 11) is 1.85. The van der Waals surface area contributed by atoms with E-state index in [4.69, 9.17) is 0 Å². The molecule has 2 heterocycles. The lowest BCUT2D eigenvalue weighted by atomic mass is 9.52. The summed E-state index contributed by atoms with van der Waals surface area (Å²) in [6.07, 6.45) is 10.6. The molecule has 0 aliphatic heterocycles. The van der Waals surface area contributed by atoms with Gasteiger partial charge in [0.15, 0.2) is 5.65 Å². The molecule has 4 fully saturated rings. The molecule has 0 radical (unpaired) electrons. The first-order valence-electron chi connectivity index (χ1n) is 11.8. The average molecular weight is 466 g/mol. The lowest BCUT2D eigenvalue weighted by Gasteiger charge is -2.60. The first-order valence-corrected chi connectivity index (χ1v) is 12.8. The van der Waals surface area contributed by atoms with Gasteiger partial charge in [-0.15, -0.1) is 0 Å². The third-order valence-corrected chi connectivity index (χ3v) is 8.95. The molecule has 4 aliphatic carbocycles. The molecule has 0 unspecified atom stereocenters. The molecule has 0 saturated heterocycles.